The summed E-state index contributed by atoms with van der Waals surface area (Å²) in [6, 6.07) is 0. The van der Waals surface area contributed by atoms with Crippen molar-refractivity contribution in [3.63, 3.8) is 0 Å². The fourth-order valence-electron chi connectivity index (χ4n) is 4.61. The van der Waals surface area contributed by atoms with Crippen LogP contribution in [-0.2, 0) is 4.79 Å². The molecule has 0 radical (unpaired) electrons. The minimum atomic E-state index is -8.45. The monoisotopic (exact) mass is 500 g/mol. The Bertz CT molecular complexity index is 776. The Morgan fingerprint density at radius 1 is 0.484 bits per heavy atom. The Hall–Kier alpha value is -1.72. The van der Waals surface area contributed by atoms with Gasteiger partial charge in [-0.2, -0.15) is 35.1 Å². The first-order chi connectivity index (χ1) is 13.2. The van der Waals surface area contributed by atoms with Crippen LogP contribution in [0.1, 0.15) is 0 Å². The summed E-state index contributed by atoms with van der Waals surface area (Å²) >= 11 is 0. The maximum Gasteiger partial charge on any atom is 0.375 e. The molecule has 0 saturated heterocycles. The number of carboxylic acids is 1. The van der Waals surface area contributed by atoms with Gasteiger partial charge in [0.2, 0.25) is 5.41 Å². The number of hydrogen-bond acceptors (Lipinski definition) is 1. The molecule has 0 aromatic carbocycles. The first kappa shape index (κ1) is 23.9. The van der Waals surface area contributed by atoms with Crippen LogP contribution < -0.4 is 0 Å². The molecule has 19 heteroatoms. The highest BCUT2D eigenvalue weighted by molar-refractivity contribution is 5.79. The van der Waals surface area contributed by atoms with Gasteiger partial charge in [-0.05, 0) is 0 Å². The van der Waals surface area contributed by atoms with Crippen molar-refractivity contribution in [2.75, 3.05) is 0 Å². The first-order valence-electron chi connectivity index (χ1n) is 7.14. The molecule has 4 aliphatic rings. The van der Waals surface area contributed by atoms with Gasteiger partial charge in [0.25, 0.3) is 0 Å². The highest BCUT2D eigenvalue weighted by Gasteiger charge is 3.25. The van der Waals surface area contributed by atoms with E-state index in [1.165, 1.54) is 0 Å². The van der Waals surface area contributed by atoms with Crippen molar-refractivity contribution in [1.82, 2.24) is 0 Å². The third-order valence-electron chi connectivity index (χ3n) is 6.05. The number of carboxylic acid groups (broad SMARTS) is 1. The van der Waals surface area contributed by atoms with Crippen molar-refractivity contribution in [2.45, 2.75) is 58.5 Å². The number of hydrogen-bond donors (Lipinski definition) is 1. The zero-order valence-electron chi connectivity index (χ0n) is 13.3. The fourth-order valence-corrected chi connectivity index (χ4v) is 4.61. The van der Waals surface area contributed by atoms with Crippen LogP contribution in [0.15, 0.2) is 0 Å². The summed E-state index contributed by atoms with van der Waals surface area (Å²) in [5.74, 6) is -62.6. The van der Waals surface area contributed by atoms with E-state index >= 15 is 0 Å². The molecule has 4 saturated carbocycles. The van der Waals surface area contributed by atoms with Gasteiger partial charge in [0.05, 0.1) is 0 Å². The number of halogens is 17. The van der Waals surface area contributed by atoms with Gasteiger partial charge < -0.3 is 5.11 Å². The third kappa shape index (κ3) is 1.33. The van der Waals surface area contributed by atoms with Crippen LogP contribution in [0.25, 0.3) is 0 Å². The van der Waals surface area contributed by atoms with Crippen LogP contribution in [0.2, 0.25) is 0 Å². The van der Waals surface area contributed by atoms with Crippen molar-refractivity contribution in [1.29, 1.82) is 0 Å². The Labute approximate surface area is 156 Å². The summed E-state index contributed by atoms with van der Waals surface area (Å²) in [5.41, 5.74) is -33.1. The summed E-state index contributed by atoms with van der Waals surface area (Å²) in [6.45, 7) is 0. The molecule has 0 aromatic rings. The summed E-state index contributed by atoms with van der Waals surface area (Å²) in [5, 5.41) is 8.16. The maximum absolute atomic E-state index is 14.5. The summed E-state index contributed by atoms with van der Waals surface area (Å²) in [7, 11) is 0. The van der Waals surface area contributed by atoms with Gasteiger partial charge in [0, 0.05) is 0 Å². The van der Waals surface area contributed by atoms with Crippen molar-refractivity contribution in [3.05, 3.63) is 0 Å². The van der Waals surface area contributed by atoms with Crippen LogP contribution >= 0.6 is 0 Å². The standard InChI is InChI=1S/C12HF17O2/c13-2(14,1(30)31)3-7(18,19)4(15)10(24,25)5(16,8(3,20)21)12(28,29)6(17,9(3,22)23)11(4,26)27/h(H,30,31). The van der Waals surface area contributed by atoms with Crippen molar-refractivity contribution >= 4 is 5.97 Å². The van der Waals surface area contributed by atoms with E-state index in [4.69, 9.17) is 5.11 Å². The summed E-state index contributed by atoms with van der Waals surface area (Å²) in [6.07, 6.45) is 0. The maximum atomic E-state index is 14.5. The molecule has 4 fully saturated rings. The average molecular weight is 500 g/mol. The van der Waals surface area contributed by atoms with E-state index in [0.29, 0.717) is 0 Å². The lowest BCUT2D eigenvalue weighted by molar-refractivity contribution is -0.625. The number of alkyl halides is 17. The molecule has 31 heavy (non-hydrogen) atoms. The third-order valence-corrected chi connectivity index (χ3v) is 6.05. The number of rotatable bonds is 2. The molecule has 0 aromatic heterocycles. The molecule has 4 aliphatic carbocycles. The second-order valence-corrected chi connectivity index (χ2v) is 7.05. The van der Waals surface area contributed by atoms with Gasteiger partial charge in [-0.1, -0.05) is 0 Å². The molecule has 0 aliphatic heterocycles. The van der Waals surface area contributed by atoms with Gasteiger partial charge in [0.15, 0.2) is 0 Å². The molecule has 0 spiro atoms. The lowest BCUT2D eigenvalue weighted by Crippen LogP contribution is -3.09. The Kier molecular flexibility index (Phi) is 3.59. The molecule has 0 atom stereocenters. The number of aliphatic carboxylic acids is 1. The highest BCUT2D eigenvalue weighted by atomic mass is 19.4. The minimum Gasteiger partial charge on any atom is -0.477 e. The normalized spacial score (nSPS) is 47.3. The van der Waals surface area contributed by atoms with Crippen LogP contribution in [0.5, 0.6) is 0 Å². The van der Waals surface area contributed by atoms with E-state index in [1.807, 2.05) is 0 Å². The molecule has 1 N–H and O–H groups in total. The number of carbonyl (C=O) groups is 1. The zero-order chi connectivity index (χ0) is 25.1. The SMILES string of the molecule is O=C(O)C(F)(F)C12C(F)(F)C3(F)C(F)(F)C(F)(C(F)(F)C(F)(C3(F)F)C1(F)F)C2(F)F. The zero-order valence-corrected chi connectivity index (χ0v) is 13.3. The smallest absolute Gasteiger partial charge is 0.375 e. The second kappa shape index (κ2) is 4.65. The molecule has 0 amide bonds. The van der Waals surface area contributed by atoms with Gasteiger partial charge in [-0.3, -0.25) is 0 Å². The largest absolute Gasteiger partial charge is 0.477 e. The van der Waals surface area contributed by atoms with Gasteiger partial charge >= 0.3 is 64.4 Å². The lowest BCUT2D eigenvalue weighted by Gasteiger charge is -2.75. The molecule has 180 valence electrons. The molecule has 0 unspecified atom stereocenters. The quantitative estimate of drug-likeness (QED) is 0.560. The average Bonchev–Trinajstić information content (AvgIpc) is 2.54. The van der Waals surface area contributed by atoms with Gasteiger partial charge in [-0.25, -0.2) is 44.3 Å². The van der Waals surface area contributed by atoms with Gasteiger partial charge in [0.1, 0.15) is 0 Å². The van der Waals surface area contributed by atoms with E-state index < -0.39 is 69.8 Å². The van der Waals surface area contributed by atoms with E-state index in [0.717, 1.165) is 0 Å². The van der Waals surface area contributed by atoms with E-state index in [-0.39, 0.29) is 0 Å². The molecular weight excluding hydrogens is 499 g/mol. The molecule has 0 heterocycles. The van der Waals surface area contributed by atoms with E-state index in [2.05, 4.69) is 0 Å². The van der Waals surface area contributed by atoms with Crippen molar-refractivity contribution in [2.24, 2.45) is 5.41 Å². The first-order valence-corrected chi connectivity index (χ1v) is 7.14. The van der Waals surface area contributed by atoms with E-state index in [1.54, 1.807) is 0 Å². The minimum absolute atomic E-state index is 4.67. The Morgan fingerprint density at radius 2 is 0.677 bits per heavy atom. The molecular formula is C12HF17O2. The Morgan fingerprint density at radius 3 is 0.839 bits per heavy atom. The predicted molar refractivity (Wildman–Crippen MR) is 56.2 cm³/mol. The second-order valence-electron chi connectivity index (χ2n) is 7.05. The van der Waals surface area contributed by atoms with Gasteiger partial charge in [-0.15, -0.1) is 0 Å². The summed E-state index contributed by atoms with van der Waals surface area (Å²) in [4.78, 5) is 10.5. The predicted octanol–water partition coefficient (Wildman–Crippen LogP) is 4.67. The van der Waals surface area contributed by atoms with Crippen molar-refractivity contribution in [3.8, 4) is 0 Å². The van der Waals surface area contributed by atoms with Crippen molar-refractivity contribution < 1.29 is 84.5 Å². The molecule has 4 bridgehead atoms. The lowest BCUT2D eigenvalue weighted by atomic mass is 9.35. The van der Waals surface area contributed by atoms with Crippen LogP contribution in [-0.4, -0.2) is 69.5 Å². The fraction of sp³-hybridized carbons (Fsp3) is 0.917. The van der Waals surface area contributed by atoms with Crippen LogP contribution in [0.3, 0.4) is 0 Å². The topological polar surface area (TPSA) is 37.3 Å². The van der Waals surface area contributed by atoms with E-state index in [9.17, 15) is 79.4 Å². The van der Waals surface area contributed by atoms with Crippen LogP contribution in [0, 0.1) is 5.41 Å². The molecule has 4 rings (SSSR count). The molecule has 2 nitrogen and oxygen atoms in total. The summed E-state index contributed by atoms with van der Waals surface area (Å²) < 4.78 is 241. The Balaban J connectivity index is 2.82. The highest BCUT2D eigenvalue weighted by Crippen LogP contribution is 2.92. The van der Waals surface area contributed by atoms with Crippen LogP contribution in [0.4, 0.5) is 74.6 Å².